The predicted molar refractivity (Wildman–Crippen MR) is 79.1 cm³/mol. The maximum atomic E-state index is 3.58. The Balaban J connectivity index is 2.36. The van der Waals surface area contributed by atoms with E-state index in [0.29, 0.717) is 24.2 Å². The van der Waals surface area contributed by atoms with Crippen molar-refractivity contribution >= 4 is 0 Å². The monoisotopic (exact) mass is 256 g/mol. The molecular formula is C14H32N4. The Bertz CT molecular complexity index is 168. The summed E-state index contributed by atoms with van der Waals surface area (Å²) < 4.78 is 0. The Morgan fingerprint density at radius 1 is 0.500 bits per heavy atom. The third-order valence-corrected chi connectivity index (χ3v) is 3.64. The highest BCUT2D eigenvalue weighted by Gasteiger charge is 2.11. The molecule has 1 rings (SSSR count). The lowest BCUT2D eigenvalue weighted by Crippen LogP contribution is -2.44. The second kappa shape index (κ2) is 8.86. The molecule has 0 bridgehead atoms. The lowest BCUT2D eigenvalue weighted by atomic mass is 10.1. The Morgan fingerprint density at radius 3 is 0.944 bits per heavy atom. The molecule has 0 radical (unpaired) electrons. The molecule has 0 aromatic carbocycles. The molecule has 0 aromatic heterocycles. The van der Waals surface area contributed by atoms with Crippen LogP contribution in [-0.2, 0) is 0 Å². The summed E-state index contributed by atoms with van der Waals surface area (Å²) >= 11 is 0. The van der Waals surface area contributed by atoms with E-state index in [1.165, 1.54) is 12.8 Å². The Labute approximate surface area is 113 Å². The summed E-state index contributed by atoms with van der Waals surface area (Å²) in [6.45, 7) is 13.3. The van der Waals surface area contributed by atoms with Crippen molar-refractivity contribution in [2.75, 3.05) is 26.2 Å². The quantitative estimate of drug-likeness (QED) is 0.515. The van der Waals surface area contributed by atoms with Crippen LogP contribution in [-0.4, -0.2) is 50.3 Å². The van der Waals surface area contributed by atoms with Gasteiger partial charge in [0, 0.05) is 50.3 Å². The van der Waals surface area contributed by atoms with Gasteiger partial charge in [-0.15, -0.1) is 0 Å². The van der Waals surface area contributed by atoms with Gasteiger partial charge in [-0.3, -0.25) is 0 Å². The van der Waals surface area contributed by atoms with E-state index >= 15 is 0 Å². The van der Waals surface area contributed by atoms with Crippen LogP contribution in [0.5, 0.6) is 0 Å². The lowest BCUT2D eigenvalue weighted by Gasteiger charge is -2.24. The van der Waals surface area contributed by atoms with Gasteiger partial charge in [0.05, 0.1) is 0 Å². The van der Waals surface area contributed by atoms with Crippen LogP contribution in [0.15, 0.2) is 0 Å². The molecule has 4 heteroatoms. The van der Waals surface area contributed by atoms with Crippen LogP contribution < -0.4 is 21.3 Å². The van der Waals surface area contributed by atoms with E-state index in [1.807, 2.05) is 0 Å². The molecular weight excluding hydrogens is 224 g/mol. The molecule has 1 aliphatic rings. The van der Waals surface area contributed by atoms with Crippen molar-refractivity contribution in [3.63, 3.8) is 0 Å². The molecule has 4 atom stereocenters. The van der Waals surface area contributed by atoms with Crippen LogP contribution in [0.4, 0.5) is 0 Å². The number of hydrogen-bond donors (Lipinski definition) is 4. The van der Waals surface area contributed by atoms with Crippen molar-refractivity contribution in [2.45, 2.75) is 64.7 Å². The van der Waals surface area contributed by atoms with Crippen molar-refractivity contribution < 1.29 is 0 Å². The minimum absolute atomic E-state index is 0.583. The Hall–Kier alpha value is -0.160. The fraction of sp³-hybridized carbons (Fsp3) is 1.00. The average Bonchev–Trinajstić information content (AvgIpc) is 2.29. The van der Waals surface area contributed by atoms with Gasteiger partial charge in [0.15, 0.2) is 0 Å². The van der Waals surface area contributed by atoms with Crippen LogP contribution in [0, 0.1) is 0 Å². The zero-order valence-corrected chi connectivity index (χ0v) is 12.6. The zero-order valence-electron chi connectivity index (χ0n) is 12.6. The summed E-state index contributed by atoms with van der Waals surface area (Å²) in [4.78, 5) is 0. The smallest absolute Gasteiger partial charge is 0.00793 e. The summed E-state index contributed by atoms with van der Waals surface area (Å²) in [5.41, 5.74) is 0. The van der Waals surface area contributed by atoms with Crippen LogP contribution in [0.25, 0.3) is 0 Å². The van der Waals surface area contributed by atoms with Gasteiger partial charge in [0.1, 0.15) is 0 Å². The molecule has 1 heterocycles. The van der Waals surface area contributed by atoms with Crippen molar-refractivity contribution in [2.24, 2.45) is 0 Å². The van der Waals surface area contributed by atoms with Gasteiger partial charge in [-0.05, 0) is 40.5 Å². The van der Waals surface area contributed by atoms with Crippen molar-refractivity contribution in [3.8, 4) is 0 Å². The van der Waals surface area contributed by atoms with Crippen LogP contribution in [0.1, 0.15) is 40.5 Å². The van der Waals surface area contributed by atoms with E-state index in [9.17, 15) is 0 Å². The molecule has 108 valence electrons. The highest BCUT2D eigenvalue weighted by atomic mass is 15.0. The van der Waals surface area contributed by atoms with Crippen molar-refractivity contribution in [1.82, 2.24) is 21.3 Å². The number of hydrogen-bond acceptors (Lipinski definition) is 4. The fourth-order valence-electron chi connectivity index (χ4n) is 2.67. The summed E-state index contributed by atoms with van der Waals surface area (Å²) in [6, 6.07) is 2.33. The third-order valence-electron chi connectivity index (χ3n) is 3.64. The first kappa shape index (κ1) is 15.9. The molecule has 0 spiro atoms. The highest BCUT2D eigenvalue weighted by Crippen LogP contribution is 1.99. The summed E-state index contributed by atoms with van der Waals surface area (Å²) in [5.74, 6) is 0. The largest absolute Gasteiger partial charge is 0.313 e. The highest BCUT2D eigenvalue weighted by molar-refractivity contribution is 4.74. The predicted octanol–water partition coefficient (Wildman–Crippen LogP) is 0.693. The van der Waals surface area contributed by atoms with E-state index in [1.54, 1.807) is 0 Å². The molecule has 0 amide bonds. The standard InChI is InChI=1S/C14H32N4/c1-11-9-12(2)16-7-8-18-14(4)10-13(3)17-6-5-15-11/h11-18H,5-10H2,1-4H3/t11-,12+,13-,14+. The van der Waals surface area contributed by atoms with Gasteiger partial charge in [-0.1, -0.05) is 0 Å². The van der Waals surface area contributed by atoms with E-state index in [-0.39, 0.29) is 0 Å². The average molecular weight is 256 g/mol. The molecule has 4 N–H and O–H groups in total. The second-order valence-corrected chi connectivity index (χ2v) is 5.89. The molecule has 0 aliphatic carbocycles. The summed E-state index contributed by atoms with van der Waals surface area (Å²) in [5, 5.41) is 14.3. The minimum Gasteiger partial charge on any atom is -0.313 e. The van der Waals surface area contributed by atoms with Gasteiger partial charge in [-0.25, -0.2) is 0 Å². The Kier molecular flexibility index (Phi) is 7.82. The van der Waals surface area contributed by atoms with Gasteiger partial charge in [0.2, 0.25) is 0 Å². The van der Waals surface area contributed by atoms with E-state index < -0.39 is 0 Å². The molecule has 0 aromatic rings. The summed E-state index contributed by atoms with van der Waals surface area (Å²) in [6.07, 6.45) is 2.37. The second-order valence-electron chi connectivity index (χ2n) is 5.89. The van der Waals surface area contributed by atoms with Gasteiger partial charge < -0.3 is 21.3 Å². The normalized spacial score (nSPS) is 38.0. The SMILES string of the molecule is C[C@@H]1C[C@H](C)NCCN[C@@H](C)C[C@@H](C)NCCN1. The molecule has 1 aliphatic heterocycles. The summed E-state index contributed by atoms with van der Waals surface area (Å²) in [7, 11) is 0. The maximum Gasteiger partial charge on any atom is 0.00793 e. The van der Waals surface area contributed by atoms with Gasteiger partial charge in [-0.2, -0.15) is 0 Å². The number of nitrogens with one attached hydrogen (secondary N) is 4. The molecule has 1 saturated heterocycles. The van der Waals surface area contributed by atoms with Crippen molar-refractivity contribution in [1.29, 1.82) is 0 Å². The topological polar surface area (TPSA) is 48.1 Å². The van der Waals surface area contributed by atoms with E-state index in [2.05, 4.69) is 49.0 Å². The first-order valence-corrected chi connectivity index (χ1v) is 7.51. The molecule has 0 saturated carbocycles. The zero-order chi connectivity index (χ0) is 13.4. The van der Waals surface area contributed by atoms with Gasteiger partial charge in [0.25, 0.3) is 0 Å². The van der Waals surface area contributed by atoms with Crippen LogP contribution in [0.2, 0.25) is 0 Å². The van der Waals surface area contributed by atoms with Crippen LogP contribution >= 0.6 is 0 Å². The molecule has 0 unspecified atom stereocenters. The van der Waals surface area contributed by atoms with Crippen LogP contribution in [0.3, 0.4) is 0 Å². The fourth-order valence-corrected chi connectivity index (χ4v) is 2.67. The minimum atomic E-state index is 0.583. The van der Waals surface area contributed by atoms with Gasteiger partial charge >= 0.3 is 0 Å². The van der Waals surface area contributed by atoms with E-state index in [4.69, 9.17) is 0 Å². The third kappa shape index (κ3) is 7.31. The molecule has 18 heavy (non-hydrogen) atoms. The molecule has 4 nitrogen and oxygen atoms in total. The first-order valence-electron chi connectivity index (χ1n) is 7.51. The first-order chi connectivity index (χ1) is 8.58. The Morgan fingerprint density at radius 2 is 0.722 bits per heavy atom. The van der Waals surface area contributed by atoms with Crippen molar-refractivity contribution in [3.05, 3.63) is 0 Å². The maximum absolute atomic E-state index is 3.58. The number of rotatable bonds is 0. The lowest BCUT2D eigenvalue weighted by molar-refractivity contribution is 0.381. The van der Waals surface area contributed by atoms with E-state index in [0.717, 1.165) is 26.2 Å². The molecule has 1 fully saturated rings.